The molecular weight excluding hydrogens is 320 g/mol. The van der Waals surface area contributed by atoms with Gasteiger partial charge in [0.05, 0.1) is 0 Å². The number of hydrogen-bond acceptors (Lipinski definition) is 4. The van der Waals surface area contributed by atoms with Crippen molar-refractivity contribution >= 4 is 17.8 Å². The van der Waals surface area contributed by atoms with Gasteiger partial charge in [0.25, 0.3) is 5.91 Å². The predicted octanol–water partition coefficient (Wildman–Crippen LogP) is 1.17. The van der Waals surface area contributed by atoms with Crippen LogP contribution in [-0.4, -0.2) is 70.8 Å². The van der Waals surface area contributed by atoms with Gasteiger partial charge >= 0.3 is 6.03 Å². The van der Waals surface area contributed by atoms with E-state index in [1.54, 1.807) is 16.8 Å². The van der Waals surface area contributed by atoms with E-state index in [0.717, 1.165) is 32.1 Å². The summed E-state index contributed by atoms with van der Waals surface area (Å²) in [5.74, 6) is 0.192. The van der Waals surface area contributed by atoms with E-state index in [2.05, 4.69) is 6.92 Å². The van der Waals surface area contributed by atoms with Crippen molar-refractivity contribution < 1.29 is 14.4 Å². The van der Waals surface area contributed by atoms with E-state index < -0.39 is 5.54 Å². The Morgan fingerprint density at radius 3 is 2.56 bits per heavy atom. The van der Waals surface area contributed by atoms with Gasteiger partial charge in [-0.25, -0.2) is 4.79 Å². The number of likely N-dealkylation sites (tertiary alicyclic amines) is 1. The summed E-state index contributed by atoms with van der Waals surface area (Å²) >= 11 is 0. The van der Waals surface area contributed by atoms with E-state index in [4.69, 9.17) is 5.73 Å². The number of imide groups is 1. The molecule has 0 aromatic carbocycles. The molecule has 25 heavy (non-hydrogen) atoms. The van der Waals surface area contributed by atoms with Crippen molar-refractivity contribution in [1.82, 2.24) is 14.7 Å². The van der Waals surface area contributed by atoms with Gasteiger partial charge in [-0.1, -0.05) is 26.2 Å². The van der Waals surface area contributed by atoms with Crippen LogP contribution in [0, 0.1) is 5.92 Å². The fourth-order valence-electron chi connectivity index (χ4n) is 4.70. The number of rotatable bonds is 3. The Morgan fingerprint density at radius 2 is 1.92 bits per heavy atom. The van der Waals surface area contributed by atoms with Crippen molar-refractivity contribution in [3.8, 4) is 0 Å². The average Bonchev–Trinajstić information content (AvgIpc) is 2.78. The molecule has 7 nitrogen and oxygen atoms in total. The highest BCUT2D eigenvalue weighted by Gasteiger charge is 2.56. The number of carbonyl (C=O) groups excluding carboxylic acids is 3. The van der Waals surface area contributed by atoms with Crippen molar-refractivity contribution in [2.24, 2.45) is 11.7 Å². The Hall–Kier alpha value is -1.63. The van der Waals surface area contributed by atoms with Crippen LogP contribution in [0.2, 0.25) is 0 Å². The molecule has 3 aliphatic rings. The van der Waals surface area contributed by atoms with Crippen LogP contribution in [0.3, 0.4) is 0 Å². The quantitative estimate of drug-likeness (QED) is 0.774. The predicted molar refractivity (Wildman–Crippen MR) is 93.6 cm³/mol. The highest BCUT2D eigenvalue weighted by molar-refractivity contribution is 6.09. The zero-order chi connectivity index (χ0) is 18.2. The van der Waals surface area contributed by atoms with Crippen LogP contribution in [0.5, 0.6) is 0 Å². The second-order valence-electron chi connectivity index (χ2n) is 7.93. The summed E-state index contributed by atoms with van der Waals surface area (Å²) in [7, 11) is 1.70. The lowest BCUT2D eigenvalue weighted by Crippen LogP contribution is -2.53. The lowest BCUT2D eigenvalue weighted by atomic mass is 9.81. The highest BCUT2D eigenvalue weighted by atomic mass is 16.2. The van der Waals surface area contributed by atoms with E-state index in [9.17, 15) is 14.4 Å². The molecule has 3 fully saturated rings. The number of carbonyl (C=O) groups is 3. The van der Waals surface area contributed by atoms with Crippen molar-refractivity contribution in [2.45, 2.75) is 63.5 Å². The van der Waals surface area contributed by atoms with Crippen LogP contribution < -0.4 is 5.73 Å². The first-order chi connectivity index (χ1) is 11.9. The first-order valence-corrected chi connectivity index (χ1v) is 9.50. The largest absolute Gasteiger partial charge is 0.337 e. The first kappa shape index (κ1) is 18.2. The van der Waals surface area contributed by atoms with Crippen molar-refractivity contribution in [2.75, 3.05) is 26.7 Å². The summed E-state index contributed by atoms with van der Waals surface area (Å²) < 4.78 is 0. The lowest BCUT2D eigenvalue weighted by Gasteiger charge is -2.38. The average molecular weight is 350 g/mol. The number of hydrogen-bond donors (Lipinski definition) is 1. The summed E-state index contributed by atoms with van der Waals surface area (Å²) in [6.45, 7) is 3.08. The fraction of sp³-hybridized carbons (Fsp3) is 0.833. The molecule has 2 heterocycles. The highest BCUT2D eigenvalue weighted by Crippen LogP contribution is 2.39. The Balaban J connectivity index is 1.72. The van der Waals surface area contributed by atoms with Crippen molar-refractivity contribution in [3.63, 3.8) is 0 Å². The molecule has 2 unspecified atom stereocenters. The topological polar surface area (TPSA) is 87.0 Å². The number of likely N-dealkylation sites (N-methyl/N-ethyl adjacent to an activating group) is 1. The van der Waals surface area contributed by atoms with Gasteiger partial charge in [0.15, 0.2) is 0 Å². The summed E-state index contributed by atoms with van der Waals surface area (Å²) in [6.07, 6.45) is 6.22. The third-order valence-corrected chi connectivity index (χ3v) is 6.35. The Labute approximate surface area is 149 Å². The van der Waals surface area contributed by atoms with Gasteiger partial charge in [-0.2, -0.15) is 0 Å². The van der Waals surface area contributed by atoms with Gasteiger partial charge < -0.3 is 15.5 Å². The van der Waals surface area contributed by atoms with E-state index >= 15 is 0 Å². The summed E-state index contributed by atoms with van der Waals surface area (Å²) in [5.41, 5.74) is 5.12. The first-order valence-electron chi connectivity index (χ1n) is 9.50. The minimum Gasteiger partial charge on any atom is -0.337 e. The molecule has 2 N–H and O–H groups in total. The van der Waals surface area contributed by atoms with Crippen LogP contribution >= 0.6 is 0 Å². The molecule has 1 spiro atoms. The third-order valence-electron chi connectivity index (χ3n) is 6.35. The number of urea groups is 1. The normalized spacial score (nSPS) is 29.6. The molecule has 0 aromatic heterocycles. The standard InChI is InChI=1S/C18H30N4O3/c1-13-6-9-21(14(10-13)11-19)15(23)12-22-16(24)18(20(2)17(22)25)7-4-3-5-8-18/h13-14H,3-12,19H2,1-2H3. The molecule has 1 aliphatic carbocycles. The van der Waals surface area contributed by atoms with Gasteiger partial charge in [-0.15, -0.1) is 0 Å². The minimum atomic E-state index is -0.723. The maximum absolute atomic E-state index is 13.0. The number of nitrogens with two attached hydrogens (primary N) is 1. The van der Waals surface area contributed by atoms with Gasteiger partial charge in [0, 0.05) is 26.2 Å². The maximum Gasteiger partial charge on any atom is 0.327 e. The van der Waals surface area contributed by atoms with Gasteiger partial charge in [-0.05, 0) is 31.6 Å². The molecular formula is C18H30N4O3. The molecule has 2 aliphatic heterocycles. The SMILES string of the molecule is CC1CCN(C(=O)CN2C(=O)N(C)C3(CCCCC3)C2=O)C(CN)C1. The van der Waals surface area contributed by atoms with E-state index in [1.165, 1.54) is 4.90 Å². The van der Waals surface area contributed by atoms with Crippen LogP contribution in [-0.2, 0) is 9.59 Å². The second kappa shape index (κ2) is 6.94. The third kappa shape index (κ3) is 3.03. The maximum atomic E-state index is 13.0. The summed E-state index contributed by atoms with van der Waals surface area (Å²) in [4.78, 5) is 42.9. The molecule has 0 aromatic rings. The van der Waals surface area contributed by atoms with Crippen molar-refractivity contribution in [3.05, 3.63) is 0 Å². The van der Waals surface area contributed by atoms with Gasteiger partial charge in [-0.3, -0.25) is 14.5 Å². The lowest BCUT2D eigenvalue weighted by molar-refractivity contribution is -0.142. The zero-order valence-corrected chi connectivity index (χ0v) is 15.4. The van der Waals surface area contributed by atoms with E-state index in [1.807, 2.05) is 0 Å². The van der Waals surface area contributed by atoms with Crippen molar-refractivity contribution in [1.29, 1.82) is 0 Å². The number of amides is 4. The van der Waals surface area contributed by atoms with Crippen LogP contribution in [0.1, 0.15) is 51.9 Å². The molecule has 0 bridgehead atoms. The summed E-state index contributed by atoms with van der Waals surface area (Å²) in [5, 5.41) is 0. The number of nitrogens with zero attached hydrogens (tertiary/aromatic N) is 3. The molecule has 2 atom stereocenters. The molecule has 3 rings (SSSR count). The zero-order valence-electron chi connectivity index (χ0n) is 15.4. The minimum absolute atomic E-state index is 0.00503. The Bertz CT molecular complexity index is 559. The molecule has 4 amide bonds. The molecule has 7 heteroatoms. The molecule has 2 saturated heterocycles. The second-order valence-corrected chi connectivity index (χ2v) is 7.93. The Kier molecular flexibility index (Phi) is 5.04. The van der Waals surface area contributed by atoms with E-state index in [0.29, 0.717) is 31.8 Å². The van der Waals surface area contributed by atoms with Gasteiger partial charge in [0.1, 0.15) is 12.1 Å². The van der Waals surface area contributed by atoms with Crippen LogP contribution in [0.25, 0.3) is 0 Å². The monoisotopic (exact) mass is 350 g/mol. The summed E-state index contributed by atoms with van der Waals surface area (Å²) in [6, 6.07) is -0.333. The molecule has 0 radical (unpaired) electrons. The molecule has 140 valence electrons. The van der Waals surface area contributed by atoms with Gasteiger partial charge in [0.2, 0.25) is 5.91 Å². The number of piperidine rings is 1. The Morgan fingerprint density at radius 1 is 1.24 bits per heavy atom. The molecule has 1 saturated carbocycles. The smallest absolute Gasteiger partial charge is 0.327 e. The van der Waals surface area contributed by atoms with Crippen LogP contribution in [0.4, 0.5) is 4.79 Å². The van der Waals surface area contributed by atoms with E-state index in [-0.39, 0.29) is 30.4 Å². The van der Waals surface area contributed by atoms with Crippen LogP contribution in [0.15, 0.2) is 0 Å². The fourth-order valence-corrected chi connectivity index (χ4v) is 4.70.